The van der Waals surface area contributed by atoms with Crippen LogP contribution < -0.4 is 5.32 Å². The first-order valence-electron chi connectivity index (χ1n) is 6.48. The van der Waals surface area contributed by atoms with Gasteiger partial charge in [-0.25, -0.2) is 9.48 Å². The molecule has 2 aromatic heterocycles. The van der Waals surface area contributed by atoms with Crippen LogP contribution in [0.25, 0.3) is 11.4 Å². The Kier molecular flexibility index (Phi) is 4.60. The van der Waals surface area contributed by atoms with E-state index in [9.17, 15) is 14.7 Å². The molecule has 0 aliphatic carbocycles. The quantitative estimate of drug-likeness (QED) is 0.804. The van der Waals surface area contributed by atoms with Gasteiger partial charge >= 0.3 is 5.97 Å². The molecule has 0 spiro atoms. The maximum Gasteiger partial charge on any atom is 0.358 e. The van der Waals surface area contributed by atoms with E-state index in [1.165, 1.54) is 4.68 Å². The first-order chi connectivity index (χ1) is 10.1. The predicted octanol–water partition coefficient (Wildman–Crippen LogP) is 0.564. The lowest BCUT2D eigenvalue weighted by molar-refractivity contribution is -0.121. The Morgan fingerprint density at radius 2 is 2.19 bits per heavy atom. The lowest BCUT2D eigenvalue weighted by Crippen LogP contribution is -2.24. The van der Waals surface area contributed by atoms with Crippen LogP contribution >= 0.6 is 0 Å². The highest BCUT2D eigenvalue weighted by Gasteiger charge is 2.21. The number of aryl methyl sites for hydroxylation is 1. The van der Waals surface area contributed by atoms with E-state index in [-0.39, 0.29) is 24.6 Å². The second-order valence-corrected chi connectivity index (χ2v) is 4.23. The molecule has 2 rings (SSSR count). The zero-order valence-corrected chi connectivity index (χ0v) is 11.5. The third kappa shape index (κ3) is 3.41. The molecule has 0 fully saturated rings. The van der Waals surface area contributed by atoms with Crippen molar-refractivity contribution in [2.24, 2.45) is 0 Å². The Morgan fingerprint density at radius 1 is 1.38 bits per heavy atom. The van der Waals surface area contributed by atoms with Crippen LogP contribution in [-0.4, -0.2) is 43.5 Å². The number of pyridine rings is 1. The molecule has 8 heteroatoms. The van der Waals surface area contributed by atoms with Crippen LogP contribution in [0.3, 0.4) is 0 Å². The van der Waals surface area contributed by atoms with Gasteiger partial charge in [0.05, 0.1) is 12.2 Å². The summed E-state index contributed by atoms with van der Waals surface area (Å²) in [5.74, 6) is -1.31. The summed E-state index contributed by atoms with van der Waals surface area (Å²) < 4.78 is 1.39. The molecule has 2 heterocycles. The van der Waals surface area contributed by atoms with E-state index >= 15 is 0 Å². The van der Waals surface area contributed by atoms with Gasteiger partial charge < -0.3 is 10.4 Å². The number of carboxylic acids is 1. The lowest BCUT2D eigenvalue weighted by atomic mass is 10.2. The zero-order chi connectivity index (χ0) is 15.2. The molecule has 0 unspecified atom stereocenters. The van der Waals surface area contributed by atoms with Gasteiger partial charge in [-0.3, -0.25) is 9.78 Å². The highest BCUT2D eigenvalue weighted by Crippen LogP contribution is 2.20. The number of carbonyl (C=O) groups is 2. The monoisotopic (exact) mass is 289 g/mol. The fraction of sp³-hybridized carbons (Fsp3) is 0.308. The van der Waals surface area contributed by atoms with Crippen LogP contribution in [0.5, 0.6) is 0 Å². The molecule has 1 amide bonds. The number of carbonyl (C=O) groups excluding carboxylic acids is 1. The smallest absolute Gasteiger partial charge is 0.358 e. The van der Waals surface area contributed by atoms with Gasteiger partial charge in [0.15, 0.2) is 5.69 Å². The van der Waals surface area contributed by atoms with E-state index in [0.29, 0.717) is 17.9 Å². The van der Waals surface area contributed by atoms with Crippen molar-refractivity contribution in [3.8, 4) is 11.4 Å². The standard InChI is InChI=1S/C13H15N5O3/c1-2-14-10(19)6-8-18-12(9-5-3-4-7-15-9)11(13(20)21)16-17-18/h3-5,7H,2,6,8H2,1H3,(H,14,19)(H,20,21). The number of aromatic carboxylic acids is 1. The first-order valence-corrected chi connectivity index (χ1v) is 6.48. The highest BCUT2D eigenvalue weighted by molar-refractivity contribution is 5.92. The van der Waals surface area contributed by atoms with E-state index in [1.807, 2.05) is 6.92 Å². The van der Waals surface area contributed by atoms with Crippen molar-refractivity contribution < 1.29 is 14.7 Å². The Balaban J connectivity index is 2.30. The van der Waals surface area contributed by atoms with Gasteiger partial charge in [-0.05, 0) is 19.1 Å². The minimum atomic E-state index is -1.18. The van der Waals surface area contributed by atoms with Crippen molar-refractivity contribution in [2.75, 3.05) is 6.54 Å². The fourth-order valence-electron chi connectivity index (χ4n) is 1.86. The van der Waals surface area contributed by atoms with Crippen LogP contribution in [0.1, 0.15) is 23.8 Å². The van der Waals surface area contributed by atoms with E-state index in [2.05, 4.69) is 20.6 Å². The first kappa shape index (κ1) is 14.6. The maximum absolute atomic E-state index is 11.5. The van der Waals surface area contributed by atoms with E-state index < -0.39 is 5.97 Å². The van der Waals surface area contributed by atoms with Gasteiger partial charge in [-0.15, -0.1) is 5.10 Å². The summed E-state index contributed by atoms with van der Waals surface area (Å²) in [4.78, 5) is 26.9. The SMILES string of the molecule is CCNC(=O)CCn1nnc(C(=O)O)c1-c1ccccn1. The van der Waals surface area contributed by atoms with E-state index in [0.717, 1.165) is 0 Å². The molecule has 0 atom stereocenters. The van der Waals surface area contributed by atoms with Gasteiger partial charge in [0.25, 0.3) is 0 Å². The number of nitrogens with zero attached hydrogens (tertiary/aromatic N) is 4. The van der Waals surface area contributed by atoms with Crippen LogP contribution in [0.4, 0.5) is 0 Å². The van der Waals surface area contributed by atoms with Crippen molar-refractivity contribution >= 4 is 11.9 Å². The Labute approximate surface area is 120 Å². The second kappa shape index (κ2) is 6.60. The number of amides is 1. The molecule has 0 aliphatic heterocycles. The maximum atomic E-state index is 11.5. The molecular weight excluding hydrogens is 274 g/mol. The van der Waals surface area contributed by atoms with Crippen molar-refractivity contribution in [3.05, 3.63) is 30.1 Å². The third-order valence-electron chi connectivity index (χ3n) is 2.77. The Hall–Kier alpha value is -2.77. The van der Waals surface area contributed by atoms with Crippen LogP contribution in [-0.2, 0) is 11.3 Å². The Bertz CT molecular complexity index is 639. The van der Waals surface area contributed by atoms with E-state index in [1.54, 1.807) is 24.4 Å². The summed E-state index contributed by atoms with van der Waals surface area (Å²) in [5, 5.41) is 19.3. The minimum absolute atomic E-state index is 0.128. The Morgan fingerprint density at radius 3 is 2.81 bits per heavy atom. The second-order valence-electron chi connectivity index (χ2n) is 4.23. The number of aromatic nitrogens is 4. The van der Waals surface area contributed by atoms with Gasteiger partial charge in [0.1, 0.15) is 5.69 Å². The minimum Gasteiger partial charge on any atom is -0.476 e. The van der Waals surface area contributed by atoms with Crippen LogP contribution in [0.2, 0.25) is 0 Å². The topological polar surface area (TPSA) is 110 Å². The number of nitrogens with one attached hydrogen (secondary N) is 1. The molecule has 0 aromatic carbocycles. The zero-order valence-electron chi connectivity index (χ0n) is 11.5. The van der Waals surface area contributed by atoms with Crippen molar-refractivity contribution in [3.63, 3.8) is 0 Å². The summed E-state index contributed by atoms with van der Waals surface area (Å²) in [6, 6.07) is 5.15. The van der Waals surface area contributed by atoms with Crippen LogP contribution in [0, 0.1) is 0 Å². The average molecular weight is 289 g/mol. The molecule has 0 aliphatic rings. The molecule has 0 saturated heterocycles. The van der Waals surface area contributed by atoms with Crippen molar-refractivity contribution in [1.82, 2.24) is 25.3 Å². The average Bonchev–Trinajstić information content (AvgIpc) is 2.90. The van der Waals surface area contributed by atoms with E-state index in [4.69, 9.17) is 0 Å². The molecular formula is C13H15N5O3. The van der Waals surface area contributed by atoms with Gasteiger partial charge in [0.2, 0.25) is 5.91 Å². The number of hydrogen-bond acceptors (Lipinski definition) is 5. The molecule has 2 aromatic rings. The summed E-state index contributed by atoms with van der Waals surface area (Å²) in [6.07, 6.45) is 1.75. The predicted molar refractivity (Wildman–Crippen MR) is 73.5 cm³/mol. The molecule has 0 bridgehead atoms. The lowest BCUT2D eigenvalue weighted by Gasteiger charge is -2.06. The number of rotatable bonds is 6. The largest absolute Gasteiger partial charge is 0.476 e. The molecule has 21 heavy (non-hydrogen) atoms. The van der Waals surface area contributed by atoms with Crippen LogP contribution in [0.15, 0.2) is 24.4 Å². The normalized spacial score (nSPS) is 10.3. The number of hydrogen-bond donors (Lipinski definition) is 2. The van der Waals surface area contributed by atoms with Crippen molar-refractivity contribution in [2.45, 2.75) is 19.9 Å². The summed E-state index contributed by atoms with van der Waals surface area (Å²) >= 11 is 0. The third-order valence-corrected chi connectivity index (χ3v) is 2.77. The molecule has 0 saturated carbocycles. The molecule has 8 nitrogen and oxygen atoms in total. The summed E-state index contributed by atoms with van der Waals surface area (Å²) in [7, 11) is 0. The van der Waals surface area contributed by atoms with Gasteiger partial charge in [0, 0.05) is 19.2 Å². The van der Waals surface area contributed by atoms with Crippen molar-refractivity contribution in [1.29, 1.82) is 0 Å². The number of carboxylic acid groups (broad SMARTS) is 1. The fourth-order valence-corrected chi connectivity index (χ4v) is 1.86. The molecule has 110 valence electrons. The molecule has 2 N–H and O–H groups in total. The van der Waals surface area contributed by atoms with Gasteiger partial charge in [-0.1, -0.05) is 11.3 Å². The summed E-state index contributed by atoms with van der Waals surface area (Å²) in [6.45, 7) is 2.61. The molecule has 0 radical (unpaired) electrons. The van der Waals surface area contributed by atoms with Gasteiger partial charge in [-0.2, -0.15) is 0 Å². The summed E-state index contributed by atoms with van der Waals surface area (Å²) in [5.41, 5.74) is 0.577. The highest BCUT2D eigenvalue weighted by atomic mass is 16.4.